The molecule has 1 saturated heterocycles. The molecule has 0 aliphatic carbocycles. The second kappa shape index (κ2) is 6.69. The Kier molecular flexibility index (Phi) is 4.45. The summed E-state index contributed by atoms with van der Waals surface area (Å²) in [5.74, 6) is -1.11. The van der Waals surface area contributed by atoms with Gasteiger partial charge in [0.1, 0.15) is 0 Å². The van der Waals surface area contributed by atoms with E-state index in [1.165, 1.54) is 30.3 Å². The van der Waals surface area contributed by atoms with Crippen LogP contribution in [-0.4, -0.2) is 35.7 Å². The zero-order valence-corrected chi connectivity index (χ0v) is 13.1. The molecule has 1 atom stereocenters. The van der Waals surface area contributed by atoms with E-state index < -0.39 is 11.7 Å². The van der Waals surface area contributed by atoms with Gasteiger partial charge in [0.2, 0.25) is 11.8 Å². The Morgan fingerprint density at radius 2 is 2.38 bits per heavy atom. The number of nitrogens with zero attached hydrogens (tertiary/aromatic N) is 2. The Labute approximate surface area is 137 Å². The number of nitrogens with one attached hydrogen (secondary N) is 2. The number of hydrogen-bond acceptors (Lipinski definition) is 4. The number of amides is 2. The first-order chi connectivity index (χ1) is 11.6. The van der Waals surface area contributed by atoms with Gasteiger partial charge >= 0.3 is 0 Å². The molecule has 2 amide bonds. The fourth-order valence-electron chi connectivity index (χ4n) is 2.68. The third kappa shape index (κ3) is 3.22. The van der Waals surface area contributed by atoms with Crippen LogP contribution in [0.2, 0.25) is 0 Å². The predicted octanol–water partition coefficient (Wildman–Crippen LogP) is 1.23. The van der Waals surface area contributed by atoms with Crippen molar-refractivity contribution in [3.05, 3.63) is 42.0 Å². The third-order valence-corrected chi connectivity index (χ3v) is 3.97. The van der Waals surface area contributed by atoms with Crippen molar-refractivity contribution in [1.82, 2.24) is 15.5 Å². The highest BCUT2D eigenvalue weighted by atomic mass is 19.1. The Morgan fingerprint density at radius 3 is 3.04 bits per heavy atom. The minimum Gasteiger partial charge on any atom is -0.494 e. The fourth-order valence-corrected chi connectivity index (χ4v) is 2.68. The minimum atomic E-state index is -0.480. The van der Waals surface area contributed by atoms with Gasteiger partial charge in [-0.3, -0.25) is 14.7 Å². The van der Waals surface area contributed by atoms with Crippen LogP contribution in [0.1, 0.15) is 12.0 Å². The van der Waals surface area contributed by atoms with Crippen molar-refractivity contribution in [3.8, 4) is 5.75 Å². The molecule has 1 aromatic heterocycles. The summed E-state index contributed by atoms with van der Waals surface area (Å²) in [5.41, 5.74) is 1.27. The maximum atomic E-state index is 13.6. The molecule has 2 aromatic rings. The van der Waals surface area contributed by atoms with Crippen molar-refractivity contribution < 1.29 is 18.7 Å². The Bertz CT molecular complexity index is 748. The molecular formula is C16H17FN4O3. The molecule has 2 heterocycles. The maximum absolute atomic E-state index is 13.6. The Hall–Kier alpha value is -2.90. The number of anilines is 1. The average molecular weight is 332 g/mol. The van der Waals surface area contributed by atoms with E-state index in [2.05, 4.69) is 15.5 Å². The highest BCUT2D eigenvalue weighted by Crippen LogP contribution is 2.24. The lowest BCUT2D eigenvalue weighted by atomic mass is 10.1. The number of benzene rings is 1. The molecule has 0 saturated carbocycles. The molecule has 3 rings (SSSR count). The van der Waals surface area contributed by atoms with Crippen LogP contribution in [0, 0.1) is 11.7 Å². The summed E-state index contributed by atoms with van der Waals surface area (Å²) in [4.78, 5) is 25.8. The topological polar surface area (TPSA) is 87.3 Å². The van der Waals surface area contributed by atoms with Gasteiger partial charge < -0.3 is 15.0 Å². The van der Waals surface area contributed by atoms with Crippen molar-refractivity contribution in [2.45, 2.75) is 13.0 Å². The van der Waals surface area contributed by atoms with Crippen LogP contribution in [0.4, 0.5) is 10.1 Å². The summed E-state index contributed by atoms with van der Waals surface area (Å²) in [6.07, 6.45) is 3.30. The molecule has 0 radical (unpaired) electrons. The van der Waals surface area contributed by atoms with Crippen molar-refractivity contribution in [3.63, 3.8) is 0 Å². The fraction of sp³-hybridized carbons (Fsp3) is 0.312. The standard InChI is InChI=1S/C16H17FN4O3/c1-24-14-3-2-10(4-13(14)17)6-18-16(23)11-5-15(22)21(9-11)12-7-19-20-8-12/h2-4,7-8,11H,5-6,9H2,1H3,(H,18,23)(H,19,20). The lowest BCUT2D eigenvalue weighted by Gasteiger charge is -2.14. The van der Waals surface area contributed by atoms with Crippen LogP contribution < -0.4 is 15.0 Å². The van der Waals surface area contributed by atoms with Gasteiger partial charge in [-0.05, 0) is 17.7 Å². The Morgan fingerprint density at radius 1 is 1.54 bits per heavy atom. The van der Waals surface area contributed by atoms with Gasteiger partial charge in [0.25, 0.3) is 0 Å². The molecular weight excluding hydrogens is 315 g/mol. The van der Waals surface area contributed by atoms with E-state index >= 15 is 0 Å². The molecule has 0 bridgehead atoms. The molecule has 1 unspecified atom stereocenters. The monoisotopic (exact) mass is 332 g/mol. The first-order valence-corrected chi connectivity index (χ1v) is 7.47. The zero-order chi connectivity index (χ0) is 17.1. The van der Waals surface area contributed by atoms with Gasteiger partial charge in [0, 0.05) is 25.7 Å². The van der Waals surface area contributed by atoms with Crippen LogP contribution in [0.3, 0.4) is 0 Å². The van der Waals surface area contributed by atoms with Gasteiger partial charge in [-0.1, -0.05) is 6.07 Å². The van der Waals surface area contributed by atoms with E-state index in [-0.39, 0.29) is 30.5 Å². The molecule has 1 aliphatic heterocycles. The van der Waals surface area contributed by atoms with E-state index in [9.17, 15) is 14.0 Å². The van der Waals surface area contributed by atoms with Crippen LogP contribution in [-0.2, 0) is 16.1 Å². The summed E-state index contributed by atoms with van der Waals surface area (Å²) >= 11 is 0. The van der Waals surface area contributed by atoms with Crippen molar-refractivity contribution in [1.29, 1.82) is 0 Å². The average Bonchev–Trinajstić information content (AvgIpc) is 3.22. The number of carbonyl (C=O) groups is 2. The van der Waals surface area contributed by atoms with Crippen molar-refractivity contribution in [2.24, 2.45) is 5.92 Å². The van der Waals surface area contributed by atoms with Crippen LogP contribution in [0.15, 0.2) is 30.6 Å². The van der Waals surface area contributed by atoms with E-state index in [0.29, 0.717) is 17.8 Å². The predicted molar refractivity (Wildman–Crippen MR) is 83.8 cm³/mol. The first-order valence-electron chi connectivity index (χ1n) is 7.47. The van der Waals surface area contributed by atoms with Gasteiger partial charge in [0.05, 0.1) is 24.9 Å². The Balaban J connectivity index is 1.58. The number of carbonyl (C=O) groups excluding carboxylic acids is 2. The molecule has 126 valence electrons. The van der Waals surface area contributed by atoms with Gasteiger partial charge in [-0.2, -0.15) is 5.10 Å². The number of halogens is 1. The number of H-pyrrole nitrogens is 1. The van der Waals surface area contributed by atoms with Crippen LogP contribution >= 0.6 is 0 Å². The number of rotatable bonds is 5. The molecule has 0 spiro atoms. The molecule has 2 N–H and O–H groups in total. The number of hydrogen-bond donors (Lipinski definition) is 2. The lowest BCUT2D eigenvalue weighted by Crippen LogP contribution is -2.32. The second-order valence-corrected chi connectivity index (χ2v) is 5.55. The smallest absolute Gasteiger partial charge is 0.227 e. The molecule has 24 heavy (non-hydrogen) atoms. The summed E-state index contributed by atoms with van der Waals surface area (Å²) in [5, 5.41) is 9.19. The number of ether oxygens (including phenoxy) is 1. The van der Waals surface area contributed by atoms with Crippen LogP contribution in [0.25, 0.3) is 0 Å². The van der Waals surface area contributed by atoms with Gasteiger partial charge in [0.15, 0.2) is 11.6 Å². The summed E-state index contributed by atoms with van der Waals surface area (Å²) in [6, 6.07) is 4.51. The quantitative estimate of drug-likeness (QED) is 0.862. The largest absolute Gasteiger partial charge is 0.494 e. The SMILES string of the molecule is COc1ccc(CNC(=O)C2CC(=O)N(c3cn[nH]c3)C2)cc1F. The van der Waals surface area contributed by atoms with Gasteiger partial charge in [-0.15, -0.1) is 0 Å². The lowest BCUT2D eigenvalue weighted by molar-refractivity contribution is -0.126. The van der Waals surface area contributed by atoms with Crippen molar-refractivity contribution >= 4 is 17.5 Å². The van der Waals surface area contributed by atoms with Crippen molar-refractivity contribution in [2.75, 3.05) is 18.6 Å². The molecule has 8 heteroatoms. The second-order valence-electron chi connectivity index (χ2n) is 5.55. The minimum absolute atomic E-state index is 0.118. The maximum Gasteiger partial charge on any atom is 0.227 e. The molecule has 1 fully saturated rings. The zero-order valence-electron chi connectivity index (χ0n) is 13.1. The number of aromatic nitrogens is 2. The van der Waals surface area contributed by atoms with E-state index in [4.69, 9.17) is 4.74 Å². The summed E-state index contributed by atoms with van der Waals surface area (Å²) < 4.78 is 18.5. The van der Waals surface area contributed by atoms with E-state index in [1.807, 2.05) is 0 Å². The summed E-state index contributed by atoms with van der Waals surface area (Å²) in [6.45, 7) is 0.497. The summed E-state index contributed by atoms with van der Waals surface area (Å²) in [7, 11) is 1.39. The molecule has 1 aromatic carbocycles. The number of aromatic amines is 1. The molecule has 1 aliphatic rings. The van der Waals surface area contributed by atoms with Crippen LogP contribution in [0.5, 0.6) is 5.75 Å². The van der Waals surface area contributed by atoms with E-state index in [0.717, 1.165) is 0 Å². The normalized spacial score (nSPS) is 17.2. The van der Waals surface area contributed by atoms with Gasteiger partial charge in [-0.25, -0.2) is 4.39 Å². The third-order valence-electron chi connectivity index (χ3n) is 3.97. The first kappa shape index (κ1) is 16.0. The highest BCUT2D eigenvalue weighted by Gasteiger charge is 2.35. The van der Waals surface area contributed by atoms with E-state index in [1.54, 1.807) is 12.3 Å². The molecule has 7 nitrogen and oxygen atoms in total. The highest BCUT2D eigenvalue weighted by molar-refractivity contribution is 6.00. The number of methoxy groups -OCH3 is 1.